The second kappa shape index (κ2) is 10.6. The molecule has 1 N–H and O–H groups in total. The number of piperazine rings is 1. The SMILES string of the molecule is CCOC(=O)c1ccc(OCC(O)CN2CCN(c3cc(C#N)ccn3)CC2)cc1. The Labute approximate surface area is 176 Å². The maximum Gasteiger partial charge on any atom is 0.338 e. The fourth-order valence-corrected chi connectivity index (χ4v) is 3.27. The molecule has 1 aromatic carbocycles. The van der Waals surface area contributed by atoms with Crippen molar-refractivity contribution in [1.29, 1.82) is 5.26 Å². The molecule has 1 saturated heterocycles. The Bertz CT molecular complexity index is 873. The number of carbonyl (C=O) groups is 1. The minimum absolute atomic E-state index is 0.171. The van der Waals surface area contributed by atoms with Crippen LogP contribution in [0.3, 0.4) is 0 Å². The molecule has 0 bridgehead atoms. The maximum absolute atomic E-state index is 11.7. The van der Waals surface area contributed by atoms with Crippen LogP contribution in [-0.2, 0) is 4.74 Å². The fraction of sp³-hybridized carbons (Fsp3) is 0.409. The van der Waals surface area contributed by atoms with Crippen molar-refractivity contribution in [2.45, 2.75) is 13.0 Å². The highest BCUT2D eigenvalue weighted by molar-refractivity contribution is 5.89. The summed E-state index contributed by atoms with van der Waals surface area (Å²) >= 11 is 0. The van der Waals surface area contributed by atoms with Crippen molar-refractivity contribution in [3.63, 3.8) is 0 Å². The van der Waals surface area contributed by atoms with Crippen LogP contribution in [0.25, 0.3) is 0 Å². The fourth-order valence-electron chi connectivity index (χ4n) is 3.27. The third-order valence-electron chi connectivity index (χ3n) is 4.85. The van der Waals surface area contributed by atoms with Crippen molar-refractivity contribution in [3.05, 3.63) is 53.7 Å². The largest absolute Gasteiger partial charge is 0.491 e. The summed E-state index contributed by atoms with van der Waals surface area (Å²) in [7, 11) is 0. The lowest BCUT2D eigenvalue weighted by Crippen LogP contribution is -2.49. The highest BCUT2D eigenvalue weighted by atomic mass is 16.5. The molecule has 0 amide bonds. The first-order valence-electron chi connectivity index (χ1n) is 10.0. The molecule has 0 radical (unpaired) electrons. The van der Waals surface area contributed by atoms with E-state index in [0.717, 1.165) is 32.0 Å². The lowest BCUT2D eigenvalue weighted by Gasteiger charge is -2.36. The molecule has 2 aromatic rings. The Morgan fingerprint density at radius 2 is 1.97 bits per heavy atom. The molecule has 0 spiro atoms. The number of anilines is 1. The van der Waals surface area contributed by atoms with E-state index in [9.17, 15) is 9.90 Å². The summed E-state index contributed by atoms with van der Waals surface area (Å²) in [6.07, 6.45) is 1.03. The Balaban J connectivity index is 1.41. The summed E-state index contributed by atoms with van der Waals surface area (Å²) in [5.41, 5.74) is 1.07. The van der Waals surface area contributed by atoms with Gasteiger partial charge in [-0.25, -0.2) is 9.78 Å². The van der Waals surface area contributed by atoms with E-state index >= 15 is 0 Å². The Hall–Kier alpha value is -3.15. The number of rotatable bonds is 8. The smallest absolute Gasteiger partial charge is 0.338 e. The maximum atomic E-state index is 11.7. The minimum atomic E-state index is -0.624. The van der Waals surface area contributed by atoms with Gasteiger partial charge in [0, 0.05) is 38.9 Å². The molecule has 0 saturated carbocycles. The molecule has 8 heteroatoms. The van der Waals surface area contributed by atoms with E-state index in [-0.39, 0.29) is 12.6 Å². The summed E-state index contributed by atoms with van der Waals surface area (Å²) in [5, 5.41) is 19.4. The van der Waals surface area contributed by atoms with E-state index in [2.05, 4.69) is 20.9 Å². The predicted molar refractivity (Wildman–Crippen MR) is 112 cm³/mol. The first-order valence-corrected chi connectivity index (χ1v) is 10.0. The van der Waals surface area contributed by atoms with Crippen LogP contribution in [0.2, 0.25) is 0 Å². The quantitative estimate of drug-likeness (QED) is 0.657. The highest BCUT2D eigenvalue weighted by Crippen LogP contribution is 2.16. The number of benzene rings is 1. The van der Waals surface area contributed by atoms with Gasteiger partial charge in [0.15, 0.2) is 0 Å². The Morgan fingerprint density at radius 1 is 1.23 bits per heavy atom. The number of carbonyl (C=O) groups excluding carboxylic acids is 1. The van der Waals surface area contributed by atoms with Gasteiger partial charge in [0.1, 0.15) is 24.3 Å². The van der Waals surface area contributed by atoms with Crippen molar-refractivity contribution >= 4 is 11.8 Å². The first-order chi connectivity index (χ1) is 14.6. The van der Waals surface area contributed by atoms with Gasteiger partial charge in [-0.15, -0.1) is 0 Å². The molecule has 158 valence electrons. The van der Waals surface area contributed by atoms with Crippen LogP contribution in [0.15, 0.2) is 42.6 Å². The second-order valence-electron chi connectivity index (χ2n) is 7.01. The van der Waals surface area contributed by atoms with Gasteiger partial charge in [-0.3, -0.25) is 4.90 Å². The molecule has 2 heterocycles. The van der Waals surface area contributed by atoms with Crippen molar-refractivity contribution in [1.82, 2.24) is 9.88 Å². The number of aliphatic hydroxyl groups is 1. The molecule has 1 aliphatic rings. The number of β-amino-alcohol motifs (C(OH)–C–C–N with tert-alkyl or cyclic N) is 1. The number of pyridine rings is 1. The summed E-state index contributed by atoms with van der Waals surface area (Å²) < 4.78 is 10.6. The van der Waals surface area contributed by atoms with E-state index in [0.29, 0.717) is 30.0 Å². The summed E-state index contributed by atoms with van der Waals surface area (Å²) in [5.74, 6) is 1.04. The molecule has 1 aliphatic heterocycles. The van der Waals surface area contributed by atoms with Gasteiger partial charge in [-0.1, -0.05) is 0 Å². The second-order valence-corrected chi connectivity index (χ2v) is 7.01. The standard InChI is InChI=1S/C22H26N4O4/c1-2-29-22(28)18-3-5-20(6-4-18)30-16-19(27)15-25-9-11-26(12-10-25)21-13-17(14-23)7-8-24-21/h3-8,13,19,27H,2,9-12,15-16H2,1H3. The molecule has 1 aromatic heterocycles. The van der Waals surface area contributed by atoms with Crippen LogP contribution in [0.1, 0.15) is 22.8 Å². The number of aromatic nitrogens is 1. The van der Waals surface area contributed by atoms with Gasteiger partial charge in [0.05, 0.1) is 23.8 Å². The zero-order chi connectivity index (χ0) is 21.3. The van der Waals surface area contributed by atoms with Crippen LogP contribution >= 0.6 is 0 Å². The van der Waals surface area contributed by atoms with Gasteiger partial charge < -0.3 is 19.5 Å². The number of hydrogen-bond donors (Lipinski definition) is 1. The number of hydrogen-bond acceptors (Lipinski definition) is 8. The molecule has 1 unspecified atom stereocenters. The number of nitriles is 1. The third-order valence-corrected chi connectivity index (χ3v) is 4.85. The van der Waals surface area contributed by atoms with Crippen molar-refractivity contribution in [3.8, 4) is 11.8 Å². The normalized spacial score (nSPS) is 15.3. The molecule has 1 fully saturated rings. The Kier molecular flexibility index (Phi) is 7.60. The van der Waals surface area contributed by atoms with Gasteiger partial charge in [0.25, 0.3) is 0 Å². The lowest BCUT2D eigenvalue weighted by molar-refractivity contribution is 0.0525. The number of aliphatic hydroxyl groups excluding tert-OH is 1. The molecule has 0 aliphatic carbocycles. The van der Waals surface area contributed by atoms with Crippen molar-refractivity contribution in [2.75, 3.05) is 50.8 Å². The summed E-state index contributed by atoms with van der Waals surface area (Å²) in [4.78, 5) is 20.3. The predicted octanol–water partition coefficient (Wildman–Crippen LogP) is 1.69. The average Bonchev–Trinajstić information content (AvgIpc) is 2.79. The van der Waals surface area contributed by atoms with Crippen LogP contribution in [0, 0.1) is 11.3 Å². The molecule has 3 rings (SSSR count). The van der Waals surface area contributed by atoms with E-state index < -0.39 is 6.10 Å². The molecular weight excluding hydrogens is 384 g/mol. The molecule has 30 heavy (non-hydrogen) atoms. The third kappa shape index (κ3) is 5.92. The van der Waals surface area contributed by atoms with Gasteiger partial charge in [-0.2, -0.15) is 5.26 Å². The van der Waals surface area contributed by atoms with Gasteiger partial charge in [-0.05, 0) is 43.3 Å². The highest BCUT2D eigenvalue weighted by Gasteiger charge is 2.20. The zero-order valence-electron chi connectivity index (χ0n) is 17.0. The van der Waals surface area contributed by atoms with Crippen LogP contribution in [-0.4, -0.2) is 73.0 Å². The Morgan fingerprint density at radius 3 is 2.63 bits per heavy atom. The average molecular weight is 410 g/mol. The monoisotopic (exact) mass is 410 g/mol. The van der Waals surface area contributed by atoms with Gasteiger partial charge in [0.2, 0.25) is 0 Å². The molecule has 1 atom stereocenters. The number of nitrogens with zero attached hydrogens (tertiary/aromatic N) is 4. The minimum Gasteiger partial charge on any atom is -0.491 e. The lowest BCUT2D eigenvalue weighted by atomic mass is 10.2. The number of ether oxygens (including phenoxy) is 2. The summed E-state index contributed by atoms with van der Waals surface area (Å²) in [6.45, 7) is 5.94. The van der Waals surface area contributed by atoms with Crippen molar-refractivity contribution < 1.29 is 19.4 Å². The molecule has 8 nitrogen and oxygen atoms in total. The van der Waals surface area contributed by atoms with E-state index in [1.54, 1.807) is 49.5 Å². The van der Waals surface area contributed by atoms with E-state index in [1.165, 1.54) is 0 Å². The van der Waals surface area contributed by atoms with Gasteiger partial charge >= 0.3 is 5.97 Å². The van der Waals surface area contributed by atoms with Crippen LogP contribution < -0.4 is 9.64 Å². The van der Waals surface area contributed by atoms with Crippen molar-refractivity contribution in [2.24, 2.45) is 0 Å². The molecular formula is C22H26N4O4. The summed E-state index contributed by atoms with van der Waals surface area (Å²) in [6, 6.07) is 12.3. The number of esters is 1. The first kappa shape index (κ1) is 21.6. The van der Waals surface area contributed by atoms with Crippen LogP contribution in [0.5, 0.6) is 5.75 Å². The topological polar surface area (TPSA) is 98.9 Å². The zero-order valence-corrected chi connectivity index (χ0v) is 17.0. The van der Waals surface area contributed by atoms with E-state index in [1.807, 2.05) is 0 Å². The van der Waals surface area contributed by atoms with E-state index in [4.69, 9.17) is 14.7 Å². The van der Waals surface area contributed by atoms with Crippen LogP contribution in [0.4, 0.5) is 5.82 Å².